The normalized spacial score (nSPS) is 25.7. The number of aromatic nitrogens is 1. The molecule has 1 unspecified atom stereocenters. The van der Waals surface area contributed by atoms with Crippen LogP contribution in [0.1, 0.15) is 25.0 Å². The molecular weight excluding hydrogens is 367 g/mol. The number of halogens is 2. The van der Waals surface area contributed by atoms with Gasteiger partial charge in [0.25, 0.3) is 0 Å². The van der Waals surface area contributed by atoms with Crippen LogP contribution in [0.3, 0.4) is 0 Å². The largest absolute Gasteiger partial charge is 0.340 e. The van der Waals surface area contributed by atoms with Gasteiger partial charge in [0.1, 0.15) is 0 Å². The van der Waals surface area contributed by atoms with Crippen LogP contribution >= 0.6 is 36.2 Å². The van der Waals surface area contributed by atoms with Crippen molar-refractivity contribution in [3.05, 3.63) is 16.6 Å². The van der Waals surface area contributed by atoms with Crippen molar-refractivity contribution >= 4 is 42.1 Å². The lowest BCUT2D eigenvalue weighted by Crippen LogP contribution is -2.49. The third-order valence-electron chi connectivity index (χ3n) is 5.64. The van der Waals surface area contributed by atoms with Crippen LogP contribution in [0.5, 0.6) is 0 Å². The maximum absolute atomic E-state index is 12.7. The van der Waals surface area contributed by atoms with Gasteiger partial charge in [0.05, 0.1) is 11.2 Å². The molecule has 2 aliphatic heterocycles. The minimum absolute atomic E-state index is 0. The fraction of sp³-hybridized carbons (Fsp3) is 0.750. The fourth-order valence-corrected chi connectivity index (χ4v) is 4.62. The molecule has 1 atom stereocenters. The van der Waals surface area contributed by atoms with Gasteiger partial charge < -0.3 is 10.2 Å². The van der Waals surface area contributed by atoms with Gasteiger partial charge in [-0.1, -0.05) is 0 Å². The van der Waals surface area contributed by atoms with Gasteiger partial charge in [0.15, 0.2) is 0 Å². The maximum atomic E-state index is 12.7. The van der Waals surface area contributed by atoms with Crippen LogP contribution in [0.2, 0.25) is 0 Å². The predicted octanol–water partition coefficient (Wildman–Crippen LogP) is 2.02. The highest BCUT2D eigenvalue weighted by Gasteiger charge is 2.58. The van der Waals surface area contributed by atoms with Crippen molar-refractivity contribution in [1.29, 1.82) is 0 Å². The van der Waals surface area contributed by atoms with Crippen molar-refractivity contribution in [2.75, 3.05) is 39.3 Å². The summed E-state index contributed by atoms with van der Waals surface area (Å²) in [7, 11) is 0. The van der Waals surface area contributed by atoms with Crippen LogP contribution in [-0.2, 0) is 11.3 Å². The number of rotatable bonds is 3. The Morgan fingerprint density at radius 3 is 2.58 bits per heavy atom. The number of carbonyl (C=O) groups is 1. The van der Waals surface area contributed by atoms with Crippen LogP contribution in [0.25, 0.3) is 0 Å². The molecule has 1 spiro atoms. The van der Waals surface area contributed by atoms with Crippen LogP contribution in [0.15, 0.2) is 10.9 Å². The quantitative estimate of drug-likeness (QED) is 0.854. The van der Waals surface area contributed by atoms with Crippen LogP contribution < -0.4 is 5.32 Å². The zero-order valence-electron chi connectivity index (χ0n) is 13.8. The highest BCUT2D eigenvalue weighted by Crippen LogP contribution is 2.59. The summed E-state index contributed by atoms with van der Waals surface area (Å²) < 4.78 is 0. The number of piperidine rings is 1. The van der Waals surface area contributed by atoms with Gasteiger partial charge in [-0.25, -0.2) is 4.98 Å². The first-order valence-corrected chi connectivity index (χ1v) is 9.30. The molecule has 1 aromatic heterocycles. The Labute approximate surface area is 160 Å². The zero-order chi connectivity index (χ0) is 15.0. The number of piperazine rings is 1. The molecule has 3 aliphatic rings. The molecule has 1 aliphatic carbocycles. The van der Waals surface area contributed by atoms with Gasteiger partial charge in [-0.3, -0.25) is 9.69 Å². The van der Waals surface area contributed by atoms with E-state index in [1.54, 1.807) is 11.3 Å². The molecule has 0 bridgehead atoms. The molecule has 1 aromatic rings. The van der Waals surface area contributed by atoms with E-state index >= 15 is 0 Å². The molecule has 1 saturated carbocycles. The summed E-state index contributed by atoms with van der Waals surface area (Å²) in [6.07, 6.45) is 3.51. The Bertz CT molecular complexity index is 528. The molecule has 0 aromatic carbocycles. The molecule has 136 valence electrons. The standard InChI is InChI=1S/C16H24N4OS.2ClH/c21-15(14-9-16(14)1-3-17-4-2-16)20-7-5-19(6-8-20)10-13-11-22-12-18-13;;/h11-12,14,17H,1-10H2;2*1H. The smallest absolute Gasteiger partial charge is 0.226 e. The van der Waals surface area contributed by atoms with E-state index < -0.39 is 0 Å². The molecule has 8 heteroatoms. The van der Waals surface area contributed by atoms with E-state index in [4.69, 9.17) is 0 Å². The van der Waals surface area contributed by atoms with Gasteiger partial charge in [-0.15, -0.1) is 36.2 Å². The minimum Gasteiger partial charge on any atom is -0.340 e. The van der Waals surface area contributed by atoms with Gasteiger partial charge in [-0.2, -0.15) is 0 Å². The highest BCUT2D eigenvalue weighted by molar-refractivity contribution is 7.07. The maximum Gasteiger partial charge on any atom is 0.226 e. The third-order valence-corrected chi connectivity index (χ3v) is 6.28. The van der Waals surface area contributed by atoms with Crippen LogP contribution in [0, 0.1) is 11.3 Å². The first kappa shape index (κ1) is 19.9. The van der Waals surface area contributed by atoms with E-state index in [9.17, 15) is 4.79 Å². The zero-order valence-corrected chi connectivity index (χ0v) is 16.2. The number of hydrogen-bond donors (Lipinski definition) is 1. The summed E-state index contributed by atoms with van der Waals surface area (Å²) in [4.78, 5) is 21.6. The van der Waals surface area contributed by atoms with Crippen molar-refractivity contribution in [2.24, 2.45) is 11.3 Å². The topological polar surface area (TPSA) is 48.5 Å². The average molecular weight is 393 g/mol. The second kappa shape index (κ2) is 8.32. The van der Waals surface area contributed by atoms with Crippen molar-refractivity contribution in [2.45, 2.75) is 25.8 Å². The van der Waals surface area contributed by atoms with Crippen LogP contribution in [-0.4, -0.2) is 60.0 Å². The number of nitrogens with one attached hydrogen (secondary N) is 1. The van der Waals surface area contributed by atoms with Crippen LogP contribution in [0.4, 0.5) is 0 Å². The molecule has 3 fully saturated rings. The summed E-state index contributed by atoms with van der Waals surface area (Å²) in [6.45, 7) is 6.82. The molecule has 2 saturated heterocycles. The summed E-state index contributed by atoms with van der Waals surface area (Å²) in [5, 5.41) is 5.52. The first-order valence-electron chi connectivity index (χ1n) is 8.36. The van der Waals surface area contributed by atoms with Crippen molar-refractivity contribution in [1.82, 2.24) is 20.1 Å². The van der Waals surface area contributed by atoms with E-state index in [0.29, 0.717) is 17.2 Å². The first-order chi connectivity index (χ1) is 10.8. The van der Waals surface area contributed by atoms with E-state index in [1.165, 1.54) is 12.8 Å². The fourth-order valence-electron chi connectivity index (χ4n) is 4.07. The van der Waals surface area contributed by atoms with E-state index in [2.05, 4.69) is 25.5 Å². The van der Waals surface area contributed by atoms with Crippen molar-refractivity contribution in [3.8, 4) is 0 Å². The van der Waals surface area contributed by atoms with Crippen molar-refractivity contribution in [3.63, 3.8) is 0 Å². The Hall–Kier alpha value is -0.400. The second-order valence-corrected chi connectivity index (χ2v) is 7.67. The van der Waals surface area contributed by atoms with Gasteiger partial charge in [-0.05, 0) is 37.8 Å². The number of thiazole rings is 1. The molecule has 4 rings (SSSR count). The number of amides is 1. The molecule has 5 nitrogen and oxygen atoms in total. The lowest BCUT2D eigenvalue weighted by atomic mass is 9.91. The lowest BCUT2D eigenvalue weighted by molar-refractivity contribution is -0.135. The molecule has 24 heavy (non-hydrogen) atoms. The predicted molar refractivity (Wildman–Crippen MR) is 101 cm³/mol. The second-order valence-electron chi connectivity index (χ2n) is 6.95. The SMILES string of the molecule is Cl.Cl.O=C(C1CC12CCNCC2)N1CCN(Cc2cscn2)CC1. The molecule has 3 heterocycles. The van der Waals surface area contributed by atoms with Gasteiger partial charge in [0, 0.05) is 44.0 Å². The summed E-state index contributed by atoms with van der Waals surface area (Å²) in [5.41, 5.74) is 3.40. The molecule has 0 radical (unpaired) electrons. The lowest BCUT2D eigenvalue weighted by Gasteiger charge is -2.35. The highest BCUT2D eigenvalue weighted by atomic mass is 35.5. The van der Waals surface area contributed by atoms with Gasteiger partial charge in [0.2, 0.25) is 5.91 Å². The number of nitrogens with zero attached hydrogens (tertiary/aromatic N) is 3. The Morgan fingerprint density at radius 1 is 1.25 bits per heavy atom. The van der Waals surface area contributed by atoms with E-state index in [1.807, 2.05) is 5.51 Å². The van der Waals surface area contributed by atoms with Crippen molar-refractivity contribution < 1.29 is 4.79 Å². The van der Waals surface area contributed by atoms with E-state index in [0.717, 1.165) is 57.9 Å². The summed E-state index contributed by atoms with van der Waals surface area (Å²) in [6, 6.07) is 0. The van der Waals surface area contributed by atoms with Gasteiger partial charge >= 0.3 is 0 Å². The average Bonchev–Trinajstić information content (AvgIpc) is 2.99. The summed E-state index contributed by atoms with van der Waals surface area (Å²) in [5.74, 6) is 0.745. The Morgan fingerprint density at radius 2 is 1.96 bits per heavy atom. The number of carbonyl (C=O) groups excluding carboxylic acids is 1. The van der Waals surface area contributed by atoms with E-state index in [-0.39, 0.29) is 24.8 Å². The molecule has 1 amide bonds. The minimum atomic E-state index is 0. The molecular formula is C16H26Cl2N4OS. The molecule has 1 N–H and O–H groups in total. The summed E-state index contributed by atoms with van der Waals surface area (Å²) >= 11 is 1.65. The Balaban J connectivity index is 0.00000104. The Kier molecular flexibility index (Phi) is 6.90. The number of hydrogen-bond acceptors (Lipinski definition) is 5. The third kappa shape index (κ3) is 4.05. The monoisotopic (exact) mass is 392 g/mol.